The Bertz CT molecular complexity index is 511. The van der Waals surface area contributed by atoms with Crippen LogP contribution in [0.5, 0.6) is 0 Å². The first-order valence-corrected chi connectivity index (χ1v) is 8.79. The maximum absolute atomic E-state index is 12.4. The number of carbonyl (C=O) groups is 1. The number of nitrogens with zero attached hydrogens (tertiary/aromatic N) is 3. The standard InChI is InChI=1S/C18H27N3O/c1-14-9-11-19-18(20-14)16-10-12-21(13-16)17(22)8-7-15-5-3-2-4-6-15/h9,11,15-16H,2-8,10,12-13H2,1H3/t16-/m1/s1. The Morgan fingerprint density at radius 1 is 1.27 bits per heavy atom. The molecule has 0 unspecified atom stereocenters. The van der Waals surface area contributed by atoms with Crippen molar-refractivity contribution in [1.29, 1.82) is 0 Å². The molecule has 120 valence electrons. The lowest BCUT2D eigenvalue weighted by Crippen LogP contribution is -2.29. The highest BCUT2D eigenvalue weighted by Gasteiger charge is 2.29. The first-order valence-electron chi connectivity index (χ1n) is 8.79. The largest absolute Gasteiger partial charge is 0.342 e. The van der Waals surface area contributed by atoms with Gasteiger partial charge in [0.1, 0.15) is 5.82 Å². The Balaban J connectivity index is 1.48. The van der Waals surface area contributed by atoms with Crippen molar-refractivity contribution in [3.05, 3.63) is 23.8 Å². The van der Waals surface area contributed by atoms with E-state index < -0.39 is 0 Å². The summed E-state index contributed by atoms with van der Waals surface area (Å²) >= 11 is 0. The van der Waals surface area contributed by atoms with E-state index in [0.717, 1.165) is 49.8 Å². The summed E-state index contributed by atoms with van der Waals surface area (Å²) in [6.45, 7) is 3.66. The molecule has 0 N–H and O–H groups in total. The number of amides is 1. The molecule has 0 bridgehead atoms. The Kier molecular flexibility index (Phi) is 5.06. The fourth-order valence-electron chi connectivity index (χ4n) is 3.82. The van der Waals surface area contributed by atoms with Crippen molar-refractivity contribution >= 4 is 5.91 Å². The number of rotatable bonds is 4. The van der Waals surface area contributed by atoms with Crippen LogP contribution >= 0.6 is 0 Å². The van der Waals surface area contributed by atoms with Gasteiger partial charge in [-0.1, -0.05) is 32.1 Å². The maximum Gasteiger partial charge on any atom is 0.222 e. The van der Waals surface area contributed by atoms with Crippen LogP contribution in [0, 0.1) is 12.8 Å². The fourth-order valence-corrected chi connectivity index (χ4v) is 3.82. The van der Waals surface area contributed by atoms with Crippen molar-refractivity contribution in [1.82, 2.24) is 14.9 Å². The van der Waals surface area contributed by atoms with E-state index in [-0.39, 0.29) is 0 Å². The molecule has 1 amide bonds. The Morgan fingerprint density at radius 2 is 2.09 bits per heavy atom. The van der Waals surface area contributed by atoms with Gasteiger partial charge in [0.2, 0.25) is 5.91 Å². The third-order valence-electron chi connectivity index (χ3n) is 5.21. The van der Waals surface area contributed by atoms with Gasteiger partial charge in [0.15, 0.2) is 0 Å². The molecule has 1 saturated heterocycles. The van der Waals surface area contributed by atoms with Crippen molar-refractivity contribution in [3.63, 3.8) is 0 Å². The van der Waals surface area contributed by atoms with E-state index in [4.69, 9.17) is 0 Å². The van der Waals surface area contributed by atoms with E-state index in [0.29, 0.717) is 11.8 Å². The van der Waals surface area contributed by atoms with Crippen LogP contribution in [0.1, 0.15) is 68.8 Å². The van der Waals surface area contributed by atoms with Crippen LogP contribution < -0.4 is 0 Å². The monoisotopic (exact) mass is 301 g/mol. The summed E-state index contributed by atoms with van der Waals surface area (Å²) in [7, 11) is 0. The van der Waals surface area contributed by atoms with Gasteiger partial charge >= 0.3 is 0 Å². The van der Waals surface area contributed by atoms with Crippen LogP contribution in [0.15, 0.2) is 12.3 Å². The van der Waals surface area contributed by atoms with E-state index in [2.05, 4.69) is 9.97 Å². The van der Waals surface area contributed by atoms with Crippen LogP contribution in [-0.2, 0) is 4.79 Å². The van der Waals surface area contributed by atoms with Crippen LogP contribution in [-0.4, -0.2) is 33.9 Å². The van der Waals surface area contributed by atoms with Gasteiger partial charge in [-0.25, -0.2) is 9.97 Å². The third kappa shape index (κ3) is 3.84. The van der Waals surface area contributed by atoms with Gasteiger partial charge in [-0.2, -0.15) is 0 Å². The Hall–Kier alpha value is -1.45. The molecule has 1 saturated carbocycles. The van der Waals surface area contributed by atoms with Crippen molar-refractivity contribution in [2.24, 2.45) is 5.92 Å². The van der Waals surface area contributed by atoms with Gasteiger partial charge in [-0.3, -0.25) is 4.79 Å². The maximum atomic E-state index is 12.4. The number of aryl methyl sites for hydroxylation is 1. The average molecular weight is 301 g/mol. The number of hydrogen-bond donors (Lipinski definition) is 0. The molecular formula is C18H27N3O. The van der Waals surface area contributed by atoms with Crippen LogP contribution in [0.2, 0.25) is 0 Å². The van der Waals surface area contributed by atoms with Crippen molar-refractivity contribution in [2.45, 2.75) is 64.2 Å². The minimum absolute atomic E-state index is 0.318. The molecule has 22 heavy (non-hydrogen) atoms. The lowest BCUT2D eigenvalue weighted by Gasteiger charge is -2.22. The van der Waals surface area contributed by atoms with E-state index in [1.807, 2.05) is 24.1 Å². The summed E-state index contributed by atoms with van der Waals surface area (Å²) in [6, 6.07) is 1.92. The predicted octanol–water partition coefficient (Wildman–Crippen LogP) is 3.46. The Labute approximate surface area is 133 Å². The van der Waals surface area contributed by atoms with Crippen LogP contribution in [0.4, 0.5) is 0 Å². The summed E-state index contributed by atoms with van der Waals surface area (Å²) in [4.78, 5) is 23.3. The summed E-state index contributed by atoms with van der Waals surface area (Å²) in [6.07, 6.45) is 11.4. The van der Waals surface area contributed by atoms with Crippen molar-refractivity contribution in [3.8, 4) is 0 Å². The smallest absolute Gasteiger partial charge is 0.222 e. The summed E-state index contributed by atoms with van der Waals surface area (Å²) in [5, 5.41) is 0. The molecule has 1 aromatic rings. The van der Waals surface area contributed by atoms with Gasteiger partial charge in [0.05, 0.1) is 0 Å². The van der Waals surface area contributed by atoms with Crippen molar-refractivity contribution in [2.75, 3.05) is 13.1 Å². The molecular weight excluding hydrogens is 274 g/mol. The topological polar surface area (TPSA) is 46.1 Å². The zero-order chi connectivity index (χ0) is 15.4. The first kappa shape index (κ1) is 15.4. The fraction of sp³-hybridized carbons (Fsp3) is 0.722. The summed E-state index contributed by atoms with van der Waals surface area (Å²) in [5.41, 5.74) is 1.01. The minimum atomic E-state index is 0.318. The number of carbonyl (C=O) groups excluding carboxylic acids is 1. The molecule has 1 aliphatic carbocycles. The second kappa shape index (κ2) is 7.21. The van der Waals surface area contributed by atoms with Crippen molar-refractivity contribution < 1.29 is 4.79 Å². The average Bonchev–Trinajstić information content (AvgIpc) is 3.04. The number of likely N-dealkylation sites (tertiary alicyclic amines) is 1. The van der Waals surface area contributed by atoms with E-state index in [9.17, 15) is 4.79 Å². The van der Waals surface area contributed by atoms with Gasteiger partial charge < -0.3 is 4.90 Å². The highest BCUT2D eigenvalue weighted by Crippen LogP contribution is 2.29. The second-order valence-corrected chi connectivity index (χ2v) is 6.92. The lowest BCUT2D eigenvalue weighted by atomic mass is 9.86. The van der Waals surface area contributed by atoms with Gasteiger partial charge in [-0.15, -0.1) is 0 Å². The SMILES string of the molecule is Cc1ccnc([C@@H]2CCN(C(=O)CCC3CCCCC3)C2)n1. The van der Waals surface area contributed by atoms with Crippen LogP contribution in [0.3, 0.4) is 0 Å². The Morgan fingerprint density at radius 3 is 2.86 bits per heavy atom. The first-order chi connectivity index (χ1) is 10.7. The van der Waals surface area contributed by atoms with E-state index in [1.165, 1.54) is 32.1 Å². The lowest BCUT2D eigenvalue weighted by molar-refractivity contribution is -0.130. The highest BCUT2D eigenvalue weighted by molar-refractivity contribution is 5.76. The molecule has 2 aliphatic rings. The zero-order valence-corrected chi connectivity index (χ0v) is 13.6. The molecule has 1 aromatic heterocycles. The molecule has 0 radical (unpaired) electrons. The summed E-state index contributed by atoms with van der Waals surface area (Å²) < 4.78 is 0. The minimum Gasteiger partial charge on any atom is -0.342 e. The quantitative estimate of drug-likeness (QED) is 0.855. The highest BCUT2D eigenvalue weighted by atomic mass is 16.2. The van der Waals surface area contributed by atoms with Crippen LogP contribution in [0.25, 0.3) is 0 Å². The van der Waals surface area contributed by atoms with Gasteiger partial charge in [-0.05, 0) is 31.7 Å². The third-order valence-corrected chi connectivity index (χ3v) is 5.21. The number of aromatic nitrogens is 2. The second-order valence-electron chi connectivity index (χ2n) is 6.92. The molecule has 4 nitrogen and oxygen atoms in total. The molecule has 3 rings (SSSR count). The molecule has 0 aromatic carbocycles. The van der Waals surface area contributed by atoms with Gasteiger partial charge in [0, 0.05) is 37.3 Å². The molecule has 0 spiro atoms. The number of hydrogen-bond acceptors (Lipinski definition) is 3. The molecule has 1 aliphatic heterocycles. The predicted molar refractivity (Wildman–Crippen MR) is 86.5 cm³/mol. The van der Waals surface area contributed by atoms with E-state index in [1.54, 1.807) is 0 Å². The molecule has 1 atom stereocenters. The zero-order valence-electron chi connectivity index (χ0n) is 13.6. The molecule has 2 heterocycles. The summed E-state index contributed by atoms with van der Waals surface area (Å²) in [5.74, 6) is 2.35. The van der Waals surface area contributed by atoms with Gasteiger partial charge in [0.25, 0.3) is 0 Å². The van der Waals surface area contributed by atoms with E-state index >= 15 is 0 Å². The molecule has 2 fully saturated rings. The molecule has 4 heteroatoms. The normalized spacial score (nSPS) is 23.0.